The molecular formula is C23H36N2O2. The van der Waals surface area contributed by atoms with Gasteiger partial charge < -0.3 is 10.2 Å². The molecule has 7 unspecified atom stereocenters. The minimum absolute atomic E-state index is 0.0943. The predicted molar refractivity (Wildman–Crippen MR) is 107 cm³/mol. The van der Waals surface area contributed by atoms with Gasteiger partial charge in [-0.1, -0.05) is 26.0 Å². The number of rotatable bonds is 4. The molecule has 3 aliphatic carbocycles. The molecule has 0 saturated heterocycles. The lowest BCUT2D eigenvalue weighted by molar-refractivity contribution is -0.0981. The van der Waals surface area contributed by atoms with Crippen LogP contribution in [0.1, 0.15) is 58.8 Å². The highest BCUT2D eigenvalue weighted by atomic mass is 16.3. The zero-order valence-corrected chi connectivity index (χ0v) is 17.0. The highest BCUT2D eigenvalue weighted by Crippen LogP contribution is 2.63. The smallest absolute Gasteiger partial charge is 0.0544 e. The third-order valence-corrected chi connectivity index (χ3v) is 8.92. The topological polar surface area (TPSA) is 58.3 Å². The van der Waals surface area contributed by atoms with Crippen LogP contribution in [0.5, 0.6) is 0 Å². The highest BCUT2D eigenvalue weighted by molar-refractivity contribution is 5.20. The molecule has 0 aromatic carbocycles. The van der Waals surface area contributed by atoms with E-state index in [0.29, 0.717) is 17.8 Å². The quantitative estimate of drug-likeness (QED) is 0.784. The molecule has 3 fully saturated rings. The van der Waals surface area contributed by atoms with Gasteiger partial charge in [-0.2, -0.15) is 5.10 Å². The Kier molecular flexibility index (Phi) is 5.00. The first-order chi connectivity index (χ1) is 12.9. The maximum Gasteiger partial charge on any atom is 0.0544 e. The molecule has 0 amide bonds. The van der Waals surface area contributed by atoms with E-state index in [2.05, 4.69) is 36.4 Å². The molecule has 1 aromatic rings. The van der Waals surface area contributed by atoms with Gasteiger partial charge in [0.25, 0.3) is 0 Å². The summed E-state index contributed by atoms with van der Waals surface area (Å²) in [5.74, 6) is 1.96. The molecule has 2 N–H and O–H groups in total. The lowest BCUT2D eigenvalue weighted by Gasteiger charge is -2.56. The predicted octanol–water partition coefficient (Wildman–Crippen LogP) is 4.04. The van der Waals surface area contributed by atoms with Crippen LogP contribution in [0.25, 0.3) is 0 Å². The number of aromatic nitrogens is 2. The van der Waals surface area contributed by atoms with Gasteiger partial charge in [0.2, 0.25) is 0 Å². The van der Waals surface area contributed by atoms with Crippen molar-refractivity contribution in [2.45, 2.75) is 71.4 Å². The van der Waals surface area contributed by atoms with Crippen LogP contribution in [0.3, 0.4) is 0 Å². The SMILES string of the molecule is C=C1CCC2C(Cn3cccn3)C(C3(C)CCC(O)CC3CO)CCC12C. The van der Waals surface area contributed by atoms with Crippen LogP contribution in [0.2, 0.25) is 0 Å². The van der Waals surface area contributed by atoms with Crippen LogP contribution in [0, 0.1) is 34.5 Å². The van der Waals surface area contributed by atoms with Gasteiger partial charge in [0, 0.05) is 25.5 Å². The van der Waals surface area contributed by atoms with Gasteiger partial charge in [-0.15, -0.1) is 0 Å². The summed E-state index contributed by atoms with van der Waals surface area (Å²) in [6.07, 6.45) is 11.1. The number of aliphatic hydroxyl groups excluding tert-OH is 2. The third kappa shape index (κ3) is 3.09. The molecule has 1 heterocycles. The normalized spacial score (nSPS) is 45.0. The second kappa shape index (κ2) is 7.04. The fraction of sp³-hybridized carbons (Fsp3) is 0.783. The van der Waals surface area contributed by atoms with Gasteiger partial charge >= 0.3 is 0 Å². The van der Waals surface area contributed by atoms with Crippen LogP contribution in [0.4, 0.5) is 0 Å². The molecule has 1 aromatic heterocycles. The first-order valence-electron chi connectivity index (χ1n) is 10.8. The summed E-state index contributed by atoms with van der Waals surface area (Å²) >= 11 is 0. The largest absolute Gasteiger partial charge is 0.396 e. The summed E-state index contributed by atoms with van der Waals surface area (Å²) in [4.78, 5) is 0. The van der Waals surface area contributed by atoms with E-state index < -0.39 is 0 Å². The molecule has 27 heavy (non-hydrogen) atoms. The molecule has 3 saturated carbocycles. The molecule has 150 valence electrons. The van der Waals surface area contributed by atoms with Gasteiger partial charge in [0.1, 0.15) is 0 Å². The maximum absolute atomic E-state index is 10.2. The fourth-order valence-electron chi connectivity index (χ4n) is 7.06. The van der Waals surface area contributed by atoms with E-state index >= 15 is 0 Å². The van der Waals surface area contributed by atoms with Crippen LogP contribution in [-0.4, -0.2) is 32.7 Å². The van der Waals surface area contributed by atoms with E-state index in [1.807, 2.05) is 12.3 Å². The summed E-state index contributed by atoms with van der Waals surface area (Å²) in [6.45, 7) is 10.4. The molecule has 0 radical (unpaired) electrons. The van der Waals surface area contributed by atoms with E-state index in [1.54, 1.807) is 0 Å². The zero-order valence-electron chi connectivity index (χ0n) is 17.0. The number of aliphatic hydroxyl groups is 2. The molecule has 0 bridgehead atoms. The van der Waals surface area contributed by atoms with Gasteiger partial charge in [-0.05, 0) is 85.5 Å². The molecule has 7 atom stereocenters. The second-order valence-electron chi connectivity index (χ2n) is 10.0. The molecular weight excluding hydrogens is 336 g/mol. The van der Waals surface area contributed by atoms with Crippen LogP contribution in [0.15, 0.2) is 30.6 Å². The van der Waals surface area contributed by atoms with Crippen molar-refractivity contribution < 1.29 is 10.2 Å². The van der Waals surface area contributed by atoms with Crippen molar-refractivity contribution in [1.29, 1.82) is 0 Å². The van der Waals surface area contributed by atoms with Crippen LogP contribution in [-0.2, 0) is 6.54 Å². The monoisotopic (exact) mass is 372 g/mol. The number of hydrogen-bond donors (Lipinski definition) is 2. The Hall–Kier alpha value is -1.13. The summed E-state index contributed by atoms with van der Waals surface area (Å²) in [5.41, 5.74) is 1.80. The van der Waals surface area contributed by atoms with Crippen molar-refractivity contribution in [3.8, 4) is 0 Å². The Balaban J connectivity index is 1.68. The average molecular weight is 373 g/mol. The van der Waals surface area contributed by atoms with E-state index in [9.17, 15) is 10.2 Å². The van der Waals surface area contributed by atoms with E-state index in [4.69, 9.17) is 0 Å². The molecule has 4 heteroatoms. The number of fused-ring (bicyclic) bond motifs is 1. The Labute approximate surface area is 163 Å². The molecule has 4 rings (SSSR count). The molecule has 4 nitrogen and oxygen atoms in total. The van der Waals surface area contributed by atoms with Crippen molar-refractivity contribution in [3.63, 3.8) is 0 Å². The third-order valence-electron chi connectivity index (χ3n) is 8.92. The Morgan fingerprint density at radius 2 is 2.04 bits per heavy atom. The summed E-state index contributed by atoms with van der Waals surface area (Å²) in [5, 5.41) is 24.9. The lowest BCUT2D eigenvalue weighted by atomic mass is 9.49. The van der Waals surface area contributed by atoms with E-state index in [1.165, 1.54) is 24.8 Å². The molecule has 0 aliphatic heterocycles. The Morgan fingerprint density at radius 1 is 1.22 bits per heavy atom. The second-order valence-corrected chi connectivity index (χ2v) is 10.0. The molecule has 0 spiro atoms. The summed E-state index contributed by atoms with van der Waals surface area (Å²) < 4.78 is 2.11. The van der Waals surface area contributed by atoms with Gasteiger partial charge in [-0.3, -0.25) is 4.68 Å². The summed E-state index contributed by atoms with van der Waals surface area (Å²) in [6, 6.07) is 2.01. The standard InChI is InChI=1S/C23H36N2O2/c1-16-5-6-20-19(14-25-12-4-11-24-25)21(8-10-22(16,20)2)23(3)9-7-18(27)13-17(23)15-26/h4,11-12,17-21,26-27H,1,5-10,13-15H2,2-3H3. The highest BCUT2D eigenvalue weighted by Gasteiger charge is 2.56. The van der Waals surface area contributed by atoms with Crippen molar-refractivity contribution >= 4 is 0 Å². The zero-order chi connectivity index (χ0) is 19.2. The van der Waals surface area contributed by atoms with E-state index in [0.717, 1.165) is 32.2 Å². The average Bonchev–Trinajstić information content (AvgIpc) is 3.26. The lowest BCUT2D eigenvalue weighted by Crippen LogP contribution is -2.52. The van der Waals surface area contributed by atoms with E-state index in [-0.39, 0.29) is 29.5 Å². The first kappa shape index (κ1) is 19.2. The minimum atomic E-state index is -0.250. The van der Waals surface area contributed by atoms with Gasteiger partial charge in [-0.25, -0.2) is 0 Å². The van der Waals surface area contributed by atoms with Crippen molar-refractivity contribution in [2.24, 2.45) is 34.5 Å². The van der Waals surface area contributed by atoms with Crippen molar-refractivity contribution in [1.82, 2.24) is 9.78 Å². The first-order valence-corrected chi connectivity index (χ1v) is 10.8. The van der Waals surface area contributed by atoms with Gasteiger partial charge in [0.15, 0.2) is 0 Å². The summed E-state index contributed by atoms with van der Waals surface area (Å²) in [7, 11) is 0. The number of nitrogens with zero attached hydrogens (tertiary/aromatic N) is 2. The van der Waals surface area contributed by atoms with Crippen molar-refractivity contribution in [2.75, 3.05) is 6.61 Å². The van der Waals surface area contributed by atoms with Crippen molar-refractivity contribution in [3.05, 3.63) is 30.6 Å². The van der Waals surface area contributed by atoms with Crippen LogP contribution >= 0.6 is 0 Å². The number of allylic oxidation sites excluding steroid dienone is 1. The van der Waals surface area contributed by atoms with Crippen LogP contribution < -0.4 is 0 Å². The number of hydrogen-bond acceptors (Lipinski definition) is 3. The minimum Gasteiger partial charge on any atom is -0.396 e. The Bertz CT molecular complexity index is 672. The van der Waals surface area contributed by atoms with Gasteiger partial charge in [0.05, 0.1) is 6.10 Å². The molecule has 3 aliphatic rings. The Morgan fingerprint density at radius 3 is 2.74 bits per heavy atom. The maximum atomic E-state index is 10.2. The fourth-order valence-corrected chi connectivity index (χ4v) is 7.06.